The lowest BCUT2D eigenvalue weighted by Gasteiger charge is -2.20. The maximum Gasteiger partial charge on any atom is 0.119 e. The molecule has 1 aliphatic carbocycles. The average Bonchev–Trinajstić information content (AvgIpc) is 2.72. The van der Waals surface area contributed by atoms with E-state index in [1.165, 1.54) is 60.8 Å². The molecule has 3 rings (SSSR count). The van der Waals surface area contributed by atoms with Crippen LogP contribution in [0.3, 0.4) is 0 Å². The van der Waals surface area contributed by atoms with E-state index in [1.807, 2.05) is 0 Å². The van der Waals surface area contributed by atoms with Gasteiger partial charge in [0.2, 0.25) is 0 Å². The molecule has 0 radical (unpaired) electrons. The molecule has 26 heavy (non-hydrogen) atoms. The van der Waals surface area contributed by atoms with Crippen molar-refractivity contribution in [3.05, 3.63) is 60.2 Å². The van der Waals surface area contributed by atoms with Gasteiger partial charge in [-0.1, -0.05) is 75.6 Å². The lowest BCUT2D eigenvalue weighted by molar-refractivity contribution is 0.306. The first-order valence-corrected chi connectivity index (χ1v) is 10.3. The number of hydrogen-bond donors (Lipinski definition) is 0. The number of unbranched alkanes of at least 4 members (excludes halogenated alkanes) is 2. The molecule has 0 spiro atoms. The SMILES string of the molecule is CCCCCOc1ccc(-c2ccc(C3=CCC(CC)CC3)cc2)cc1. The predicted octanol–water partition coefficient (Wildman–Crippen LogP) is 7.52. The van der Waals surface area contributed by atoms with Gasteiger partial charge in [-0.25, -0.2) is 0 Å². The molecule has 0 N–H and O–H groups in total. The molecule has 138 valence electrons. The molecule has 0 amide bonds. The van der Waals surface area contributed by atoms with Gasteiger partial charge in [-0.15, -0.1) is 0 Å². The Hall–Kier alpha value is -2.02. The van der Waals surface area contributed by atoms with E-state index >= 15 is 0 Å². The third-order valence-corrected chi connectivity index (χ3v) is 5.56. The molecule has 1 aliphatic rings. The highest BCUT2D eigenvalue weighted by Crippen LogP contribution is 2.32. The third kappa shape index (κ3) is 5.00. The smallest absolute Gasteiger partial charge is 0.119 e. The molecule has 2 aromatic carbocycles. The van der Waals surface area contributed by atoms with Crippen LogP contribution < -0.4 is 4.74 Å². The van der Waals surface area contributed by atoms with Gasteiger partial charge < -0.3 is 4.74 Å². The molecular weight excluding hydrogens is 316 g/mol. The molecule has 1 nitrogen and oxygen atoms in total. The van der Waals surface area contributed by atoms with Crippen LogP contribution in [-0.2, 0) is 0 Å². The minimum Gasteiger partial charge on any atom is -0.494 e. The van der Waals surface area contributed by atoms with Gasteiger partial charge in [0.15, 0.2) is 0 Å². The van der Waals surface area contributed by atoms with Crippen molar-refractivity contribution in [1.29, 1.82) is 0 Å². The van der Waals surface area contributed by atoms with Crippen LogP contribution in [0.15, 0.2) is 54.6 Å². The Labute approximate surface area is 159 Å². The van der Waals surface area contributed by atoms with Crippen LogP contribution in [0.2, 0.25) is 0 Å². The normalized spacial score (nSPS) is 17.0. The van der Waals surface area contributed by atoms with Crippen molar-refractivity contribution in [3.63, 3.8) is 0 Å². The molecule has 2 aromatic rings. The molecule has 0 heterocycles. The Morgan fingerprint density at radius 1 is 0.846 bits per heavy atom. The summed E-state index contributed by atoms with van der Waals surface area (Å²) in [6.45, 7) is 5.34. The van der Waals surface area contributed by atoms with Crippen molar-refractivity contribution in [3.8, 4) is 16.9 Å². The molecule has 0 aliphatic heterocycles. The van der Waals surface area contributed by atoms with Crippen LogP contribution in [0.4, 0.5) is 0 Å². The first-order chi connectivity index (χ1) is 12.8. The molecule has 1 unspecified atom stereocenters. The van der Waals surface area contributed by atoms with Gasteiger partial charge in [0.05, 0.1) is 6.61 Å². The van der Waals surface area contributed by atoms with E-state index in [1.54, 1.807) is 0 Å². The van der Waals surface area contributed by atoms with Crippen molar-refractivity contribution in [2.75, 3.05) is 6.61 Å². The summed E-state index contributed by atoms with van der Waals surface area (Å²) in [6.07, 6.45) is 11.2. The number of allylic oxidation sites excluding steroid dienone is 2. The summed E-state index contributed by atoms with van der Waals surface area (Å²) < 4.78 is 5.81. The maximum absolute atomic E-state index is 5.81. The van der Waals surface area contributed by atoms with E-state index < -0.39 is 0 Å². The van der Waals surface area contributed by atoms with E-state index in [2.05, 4.69) is 68.5 Å². The summed E-state index contributed by atoms with van der Waals surface area (Å²) in [4.78, 5) is 0. The second kappa shape index (κ2) is 9.62. The molecule has 1 atom stereocenters. The van der Waals surface area contributed by atoms with Crippen molar-refractivity contribution < 1.29 is 4.74 Å². The number of rotatable bonds is 8. The van der Waals surface area contributed by atoms with Gasteiger partial charge in [0.25, 0.3) is 0 Å². The van der Waals surface area contributed by atoms with E-state index in [0.29, 0.717) is 0 Å². The highest BCUT2D eigenvalue weighted by molar-refractivity contribution is 5.71. The minimum absolute atomic E-state index is 0.815. The lowest BCUT2D eigenvalue weighted by atomic mass is 9.85. The number of benzene rings is 2. The zero-order valence-electron chi connectivity index (χ0n) is 16.3. The second-order valence-corrected chi connectivity index (χ2v) is 7.44. The summed E-state index contributed by atoms with van der Waals surface area (Å²) in [5.74, 6) is 1.86. The molecule has 0 aromatic heterocycles. The van der Waals surface area contributed by atoms with Crippen LogP contribution in [0.5, 0.6) is 5.75 Å². The summed E-state index contributed by atoms with van der Waals surface area (Å²) in [7, 11) is 0. The largest absolute Gasteiger partial charge is 0.494 e. The molecule has 0 saturated heterocycles. The summed E-state index contributed by atoms with van der Waals surface area (Å²) in [5.41, 5.74) is 5.44. The van der Waals surface area contributed by atoms with Gasteiger partial charge in [-0.3, -0.25) is 0 Å². The van der Waals surface area contributed by atoms with Crippen LogP contribution in [0.25, 0.3) is 16.7 Å². The van der Waals surface area contributed by atoms with Gasteiger partial charge in [-0.2, -0.15) is 0 Å². The first-order valence-electron chi connectivity index (χ1n) is 10.3. The second-order valence-electron chi connectivity index (χ2n) is 7.44. The quantitative estimate of drug-likeness (QED) is 0.448. The first kappa shape index (κ1) is 18.8. The summed E-state index contributed by atoms with van der Waals surface area (Å²) >= 11 is 0. The Kier molecular flexibility index (Phi) is 6.94. The monoisotopic (exact) mass is 348 g/mol. The maximum atomic E-state index is 5.81. The fourth-order valence-corrected chi connectivity index (χ4v) is 3.68. The Morgan fingerprint density at radius 3 is 2.08 bits per heavy atom. The molecule has 0 fully saturated rings. The molecule has 1 heteroatoms. The topological polar surface area (TPSA) is 9.23 Å². The van der Waals surface area contributed by atoms with Crippen molar-refractivity contribution >= 4 is 5.57 Å². The van der Waals surface area contributed by atoms with Crippen molar-refractivity contribution in [2.24, 2.45) is 5.92 Å². The predicted molar refractivity (Wildman–Crippen MR) is 113 cm³/mol. The highest BCUT2D eigenvalue weighted by atomic mass is 16.5. The van der Waals surface area contributed by atoms with E-state index in [0.717, 1.165) is 24.7 Å². The zero-order chi connectivity index (χ0) is 18.2. The van der Waals surface area contributed by atoms with Gasteiger partial charge in [0, 0.05) is 0 Å². The Morgan fingerprint density at radius 2 is 1.50 bits per heavy atom. The minimum atomic E-state index is 0.815. The van der Waals surface area contributed by atoms with Crippen LogP contribution in [-0.4, -0.2) is 6.61 Å². The number of ether oxygens (including phenoxy) is 1. The highest BCUT2D eigenvalue weighted by Gasteiger charge is 2.13. The molecule has 0 saturated carbocycles. The standard InChI is InChI=1S/C25H32O/c1-3-5-6-19-26-25-17-15-24(16-18-25)23-13-11-22(12-14-23)21-9-7-20(4-2)8-10-21/h9,11-18,20H,3-8,10,19H2,1-2H3. The molecular formula is C25H32O. The van der Waals surface area contributed by atoms with Crippen LogP contribution >= 0.6 is 0 Å². The van der Waals surface area contributed by atoms with Gasteiger partial charge in [-0.05, 0) is 66.0 Å². The zero-order valence-corrected chi connectivity index (χ0v) is 16.3. The van der Waals surface area contributed by atoms with E-state index in [9.17, 15) is 0 Å². The summed E-state index contributed by atoms with van der Waals surface area (Å²) in [6, 6.07) is 17.6. The fourth-order valence-electron chi connectivity index (χ4n) is 3.68. The Bertz CT molecular complexity index is 694. The molecule has 0 bridgehead atoms. The van der Waals surface area contributed by atoms with E-state index in [4.69, 9.17) is 4.74 Å². The average molecular weight is 349 g/mol. The van der Waals surface area contributed by atoms with Crippen LogP contribution in [0, 0.1) is 5.92 Å². The number of hydrogen-bond acceptors (Lipinski definition) is 1. The third-order valence-electron chi connectivity index (χ3n) is 5.56. The lowest BCUT2D eigenvalue weighted by Crippen LogP contribution is -2.03. The summed E-state index contributed by atoms with van der Waals surface area (Å²) in [5, 5.41) is 0. The van der Waals surface area contributed by atoms with Crippen LogP contribution in [0.1, 0.15) is 64.4 Å². The van der Waals surface area contributed by atoms with Gasteiger partial charge in [0.1, 0.15) is 5.75 Å². The van der Waals surface area contributed by atoms with E-state index in [-0.39, 0.29) is 0 Å². The van der Waals surface area contributed by atoms with Crippen molar-refractivity contribution in [2.45, 2.75) is 58.8 Å². The fraction of sp³-hybridized carbons (Fsp3) is 0.440. The Balaban J connectivity index is 1.61. The van der Waals surface area contributed by atoms with Gasteiger partial charge >= 0.3 is 0 Å². The van der Waals surface area contributed by atoms with Crippen molar-refractivity contribution in [1.82, 2.24) is 0 Å².